The lowest BCUT2D eigenvalue weighted by atomic mass is 10.2. The Hall–Kier alpha value is -0.800. The summed E-state index contributed by atoms with van der Waals surface area (Å²) in [6, 6.07) is 0. The van der Waals surface area contributed by atoms with Crippen LogP contribution >= 0.6 is 0 Å². The molecule has 2 heterocycles. The van der Waals surface area contributed by atoms with E-state index in [1.165, 1.54) is 0 Å². The topological polar surface area (TPSA) is 42.6 Å². The van der Waals surface area contributed by atoms with Gasteiger partial charge in [0, 0.05) is 11.1 Å². The predicted octanol–water partition coefficient (Wildman–Crippen LogP) is 0.802. The highest BCUT2D eigenvalue weighted by Crippen LogP contribution is 2.24. The van der Waals surface area contributed by atoms with Gasteiger partial charge in [-0.3, -0.25) is 0 Å². The molecule has 1 aliphatic rings. The molecule has 0 amide bonds. The first-order valence-corrected chi connectivity index (χ1v) is 3.18. The molecule has 0 saturated carbocycles. The van der Waals surface area contributed by atoms with Crippen LogP contribution in [0.1, 0.15) is 16.9 Å². The van der Waals surface area contributed by atoms with Crippen LogP contribution in [0.15, 0.2) is 10.7 Å². The molecule has 3 heteroatoms. The molecule has 0 radical (unpaired) electrons. The first-order chi connectivity index (χ1) is 4.92. The van der Waals surface area contributed by atoms with Crippen molar-refractivity contribution in [2.45, 2.75) is 19.8 Å². The molecule has 54 valence electrons. The third-order valence-electron chi connectivity index (χ3n) is 1.72. The Bertz CT molecular complexity index is 239. The van der Waals surface area contributed by atoms with Gasteiger partial charge < -0.3 is 14.3 Å². The Morgan fingerprint density at radius 2 is 2.40 bits per heavy atom. The summed E-state index contributed by atoms with van der Waals surface area (Å²) in [4.78, 5) is 0. The Kier molecular flexibility index (Phi) is 1.25. The van der Waals surface area contributed by atoms with Crippen molar-refractivity contribution in [2.75, 3.05) is 0 Å². The minimum atomic E-state index is 0.0438. The number of fused-ring (bicyclic) bond motifs is 1. The second-order valence-corrected chi connectivity index (χ2v) is 2.31. The minimum absolute atomic E-state index is 0.0438. The molecule has 1 aromatic rings. The number of aliphatic hydroxyl groups is 1. The highest BCUT2D eigenvalue weighted by molar-refractivity contribution is 5.28. The van der Waals surface area contributed by atoms with Crippen molar-refractivity contribution in [1.29, 1.82) is 0 Å². The van der Waals surface area contributed by atoms with E-state index in [2.05, 4.69) is 0 Å². The van der Waals surface area contributed by atoms with Gasteiger partial charge in [0.05, 0.1) is 19.5 Å². The van der Waals surface area contributed by atoms with E-state index in [-0.39, 0.29) is 6.61 Å². The fraction of sp³-hybridized carbons (Fsp3) is 0.429. The van der Waals surface area contributed by atoms with Crippen LogP contribution in [-0.4, -0.2) is 5.11 Å². The zero-order chi connectivity index (χ0) is 6.97. The molecule has 0 fully saturated rings. The summed E-state index contributed by atoms with van der Waals surface area (Å²) in [7, 11) is 0. The van der Waals surface area contributed by atoms with Crippen molar-refractivity contribution in [2.24, 2.45) is 0 Å². The first kappa shape index (κ1) is 5.95. The van der Waals surface area contributed by atoms with E-state index < -0.39 is 0 Å². The lowest BCUT2D eigenvalue weighted by molar-refractivity contribution is 0.122. The van der Waals surface area contributed by atoms with Crippen LogP contribution < -0.4 is 0 Å². The van der Waals surface area contributed by atoms with Crippen LogP contribution in [0.4, 0.5) is 0 Å². The van der Waals surface area contributed by atoms with Gasteiger partial charge in [-0.15, -0.1) is 0 Å². The largest absolute Gasteiger partial charge is 0.466 e. The van der Waals surface area contributed by atoms with Crippen LogP contribution in [0.3, 0.4) is 0 Å². The summed E-state index contributed by atoms with van der Waals surface area (Å²) in [6.45, 7) is 1.18. The maximum Gasteiger partial charge on any atom is 0.135 e. The smallest absolute Gasteiger partial charge is 0.135 e. The third-order valence-corrected chi connectivity index (χ3v) is 1.72. The number of rotatable bonds is 1. The summed E-state index contributed by atoms with van der Waals surface area (Å²) in [6.07, 6.45) is 1.59. The van der Waals surface area contributed by atoms with Crippen LogP contribution in [0.5, 0.6) is 0 Å². The Morgan fingerprint density at radius 3 is 3.20 bits per heavy atom. The molecule has 2 rings (SSSR count). The number of aliphatic hydroxyl groups excluding tert-OH is 1. The Balaban J connectivity index is 2.44. The Labute approximate surface area is 58.2 Å². The zero-order valence-electron chi connectivity index (χ0n) is 5.46. The van der Waals surface area contributed by atoms with Crippen molar-refractivity contribution in [3.8, 4) is 0 Å². The fourth-order valence-corrected chi connectivity index (χ4v) is 1.14. The maximum absolute atomic E-state index is 8.78. The lowest BCUT2D eigenvalue weighted by Crippen LogP contribution is -1.85. The number of hydrogen-bond donors (Lipinski definition) is 1. The molecular formula is C7H8O3. The van der Waals surface area contributed by atoms with Crippen LogP contribution in [0.25, 0.3) is 0 Å². The van der Waals surface area contributed by atoms with Gasteiger partial charge in [0.15, 0.2) is 0 Å². The van der Waals surface area contributed by atoms with Gasteiger partial charge in [0.25, 0.3) is 0 Å². The molecule has 3 nitrogen and oxygen atoms in total. The minimum Gasteiger partial charge on any atom is -0.466 e. The molecule has 0 saturated heterocycles. The molecule has 0 spiro atoms. The van der Waals surface area contributed by atoms with Gasteiger partial charge in [-0.25, -0.2) is 0 Å². The van der Waals surface area contributed by atoms with E-state index in [9.17, 15) is 0 Å². The molecule has 1 aromatic heterocycles. The molecule has 0 atom stereocenters. The molecule has 10 heavy (non-hydrogen) atoms. The monoisotopic (exact) mass is 140 g/mol. The first-order valence-electron chi connectivity index (χ1n) is 3.18. The van der Waals surface area contributed by atoms with Gasteiger partial charge in [-0.1, -0.05) is 0 Å². The molecule has 0 aromatic carbocycles. The second kappa shape index (κ2) is 2.11. The molecule has 0 aliphatic carbocycles. The second-order valence-electron chi connectivity index (χ2n) is 2.31. The van der Waals surface area contributed by atoms with Gasteiger partial charge in [0.2, 0.25) is 0 Å². The van der Waals surface area contributed by atoms with Crippen molar-refractivity contribution in [3.63, 3.8) is 0 Å². The van der Waals surface area contributed by atoms with E-state index >= 15 is 0 Å². The van der Waals surface area contributed by atoms with Crippen molar-refractivity contribution in [3.05, 3.63) is 23.2 Å². The summed E-state index contributed by atoms with van der Waals surface area (Å²) in [5, 5.41) is 8.78. The summed E-state index contributed by atoms with van der Waals surface area (Å²) in [5.41, 5.74) is 1.88. The highest BCUT2D eigenvalue weighted by Gasteiger charge is 2.18. The standard InChI is InChI=1S/C7H8O3/c8-1-5-2-10-7-4-9-3-6(5)7/h2,8H,1,3-4H2. The fourth-order valence-electron chi connectivity index (χ4n) is 1.14. The average molecular weight is 140 g/mol. The van der Waals surface area contributed by atoms with Gasteiger partial charge in [-0.05, 0) is 0 Å². The highest BCUT2D eigenvalue weighted by atomic mass is 16.5. The molecule has 0 unspecified atom stereocenters. The molecule has 1 N–H and O–H groups in total. The number of hydrogen-bond acceptors (Lipinski definition) is 3. The van der Waals surface area contributed by atoms with E-state index in [0.29, 0.717) is 13.2 Å². The van der Waals surface area contributed by atoms with Crippen LogP contribution in [-0.2, 0) is 24.6 Å². The SMILES string of the molecule is OCc1coc2c1COC2. The van der Waals surface area contributed by atoms with Crippen LogP contribution in [0.2, 0.25) is 0 Å². The quantitative estimate of drug-likeness (QED) is 0.627. The van der Waals surface area contributed by atoms with Gasteiger partial charge >= 0.3 is 0 Å². The van der Waals surface area contributed by atoms with Crippen LogP contribution in [0, 0.1) is 0 Å². The maximum atomic E-state index is 8.78. The summed E-state index contributed by atoms with van der Waals surface area (Å²) >= 11 is 0. The Morgan fingerprint density at radius 1 is 1.50 bits per heavy atom. The van der Waals surface area contributed by atoms with Gasteiger partial charge in [-0.2, -0.15) is 0 Å². The van der Waals surface area contributed by atoms with Crippen molar-refractivity contribution in [1.82, 2.24) is 0 Å². The van der Waals surface area contributed by atoms with E-state index in [0.717, 1.165) is 16.9 Å². The van der Waals surface area contributed by atoms with E-state index in [1.54, 1.807) is 6.26 Å². The number of furan rings is 1. The normalized spacial score (nSPS) is 15.7. The zero-order valence-corrected chi connectivity index (χ0v) is 5.46. The molecule has 1 aliphatic heterocycles. The van der Waals surface area contributed by atoms with Crippen molar-refractivity contribution < 1.29 is 14.3 Å². The molecule has 0 bridgehead atoms. The average Bonchev–Trinajstić information content (AvgIpc) is 2.44. The summed E-state index contributed by atoms with van der Waals surface area (Å²) < 4.78 is 10.2. The van der Waals surface area contributed by atoms with E-state index in [1.807, 2.05) is 0 Å². The number of ether oxygens (including phenoxy) is 1. The van der Waals surface area contributed by atoms with Gasteiger partial charge in [0.1, 0.15) is 12.4 Å². The van der Waals surface area contributed by atoms with E-state index in [4.69, 9.17) is 14.3 Å². The third kappa shape index (κ3) is 0.678. The predicted molar refractivity (Wildman–Crippen MR) is 33.1 cm³/mol. The lowest BCUT2D eigenvalue weighted by Gasteiger charge is -1.90. The summed E-state index contributed by atoms with van der Waals surface area (Å²) in [5.74, 6) is 0.865. The van der Waals surface area contributed by atoms with Crippen molar-refractivity contribution >= 4 is 0 Å². The molecular weight excluding hydrogens is 132 g/mol.